The molecule has 0 saturated carbocycles. The van der Waals surface area contributed by atoms with Gasteiger partial charge in [-0.25, -0.2) is 0 Å². The van der Waals surface area contributed by atoms with Gasteiger partial charge >= 0.3 is 0 Å². The number of aliphatic hydroxyl groups excluding tert-OH is 1. The number of hydrogen-bond donors (Lipinski definition) is 1. The van der Waals surface area contributed by atoms with Crippen LogP contribution in [0.3, 0.4) is 0 Å². The van der Waals surface area contributed by atoms with Crippen LogP contribution < -0.4 is 4.74 Å². The van der Waals surface area contributed by atoms with Gasteiger partial charge in [0.15, 0.2) is 0 Å². The third kappa shape index (κ3) is 6.25. The molecular weight excluding hydrogens is 350 g/mol. The van der Waals surface area contributed by atoms with E-state index in [0.717, 1.165) is 29.2 Å². The van der Waals surface area contributed by atoms with Gasteiger partial charge in [0, 0.05) is 13.1 Å². The van der Waals surface area contributed by atoms with Crippen LogP contribution in [0, 0.1) is 20.8 Å². The summed E-state index contributed by atoms with van der Waals surface area (Å²) in [6, 6.07) is 18.4. The summed E-state index contributed by atoms with van der Waals surface area (Å²) in [7, 11) is 0. The predicted octanol–water partition coefficient (Wildman–Crippen LogP) is 4.65. The molecule has 1 unspecified atom stereocenters. The van der Waals surface area contributed by atoms with E-state index in [1.807, 2.05) is 38.1 Å². The fraction of sp³-hybridized carbons (Fsp3) is 0.333. The minimum Gasteiger partial charge on any atom is -0.491 e. The van der Waals surface area contributed by atoms with Crippen LogP contribution in [0.4, 0.5) is 0 Å². The molecule has 148 valence electrons. The molecule has 28 heavy (non-hydrogen) atoms. The second kappa shape index (κ2) is 9.58. The van der Waals surface area contributed by atoms with E-state index in [-0.39, 0.29) is 6.61 Å². The summed E-state index contributed by atoms with van der Waals surface area (Å²) in [6.07, 6.45) is 1.08. The smallest absolute Gasteiger partial charge is 0.119 e. The predicted molar refractivity (Wildman–Crippen MR) is 111 cm³/mol. The third-order valence-electron chi connectivity index (χ3n) is 4.59. The maximum absolute atomic E-state index is 10.6. The normalized spacial score (nSPS) is 12.3. The molecule has 3 rings (SSSR count). The molecule has 0 aliphatic carbocycles. The molecule has 3 aromatic rings. The van der Waals surface area contributed by atoms with Gasteiger partial charge in [0.1, 0.15) is 24.2 Å². The molecule has 1 heterocycles. The van der Waals surface area contributed by atoms with Crippen LogP contribution in [0.15, 0.2) is 65.3 Å². The molecule has 0 aliphatic heterocycles. The van der Waals surface area contributed by atoms with Crippen LogP contribution in [0.2, 0.25) is 0 Å². The summed E-state index contributed by atoms with van der Waals surface area (Å²) < 4.78 is 11.3. The minimum atomic E-state index is -0.596. The lowest BCUT2D eigenvalue weighted by molar-refractivity contribution is 0.0604. The first-order valence-corrected chi connectivity index (χ1v) is 9.67. The Balaban J connectivity index is 1.61. The topological polar surface area (TPSA) is 45.8 Å². The summed E-state index contributed by atoms with van der Waals surface area (Å²) in [5, 5.41) is 10.6. The maximum atomic E-state index is 10.6. The van der Waals surface area contributed by atoms with Crippen molar-refractivity contribution in [3.05, 3.63) is 88.9 Å². The molecule has 0 spiro atoms. The fourth-order valence-corrected chi connectivity index (χ4v) is 3.32. The van der Waals surface area contributed by atoms with Gasteiger partial charge < -0.3 is 14.3 Å². The highest BCUT2D eigenvalue weighted by molar-refractivity contribution is 5.33. The molecule has 0 saturated heterocycles. The van der Waals surface area contributed by atoms with E-state index >= 15 is 0 Å². The number of benzene rings is 2. The molecule has 0 amide bonds. The molecule has 1 N–H and O–H groups in total. The molecular formula is C24H29NO3. The van der Waals surface area contributed by atoms with Crippen LogP contribution in [-0.4, -0.2) is 29.3 Å². The average molecular weight is 380 g/mol. The highest BCUT2D eigenvalue weighted by atomic mass is 16.5. The first-order chi connectivity index (χ1) is 13.5. The Morgan fingerprint density at radius 3 is 2.29 bits per heavy atom. The minimum absolute atomic E-state index is 0.255. The zero-order valence-corrected chi connectivity index (χ0v) is 16.9. The molecule has 2 aromatic carbocycles. The Labute approximate surface area is 167 Å². The lowest BCUT2D eigenvalue weighted by atomic mass is 10.1. The Morgan fingerprint density at radius 2 is 1.64 bits per heavy atom. The van der Waals surface area contributed by atoms with Gasteiger partial charge in [-0.15, -0.1) is 0 Å². The molecule has 4 nitrogen and oxygen atoms in total. The van der Waals surface area contributed by atoms with Gasteiger partial charge in [-0.3, -0.25) is 4.90 Å². The van der Waals surface area contributed by atoms with Crippen LogP contribution in [-0.2, 0) is 13.1 Å². The summed E-state index contributed by atoms with van der Waals surface area (Å²) in [4.78, 5) is 2.18. The highest BCUT2D eigenvalue weighted by Crippen LogP contribution is 2.17. The molecule has 1 aromatic heterocycles. The van der Waals surface area contributed by atoms with Crippen molar-refractivity contribution in [3.63, 3.8) is 0 Å². The fourth-order valence-electron chi connectivity index (χ4n) is 3.32. The van der Waals surface area contributed by atoms with E-state index < -0.39 is 6.10 Å². The largest absolute Gasteiger partial charge is 0.491 e. The molecule has 4 heteroatoms. The molecule has 0 bridgehead atoms. The number of nitrogens with zero attached hydrogens (tertiary/aromatic N) is 1. The monoisotopic (exact) mass is 379 g/mol. The van der Waals surface area contributed by atoms with Gasteiger partial charge in [0.25, 0.3) is 0 Å². The van der Waals surface area contributed by atoms with Crippen molar-refractivity contribution in [3.8, 4) is 5.75 Å². The van der Waals surface area contributed by atoms with Crippen LogP contribution in [0.5, 0.6) is 5.75 Å². The zero-order chi connectivity index (χ0) is 19.9. The van der Waals surface area contributed by atoms with Crippen molar-refractivity contribution in [2.45, 2.75) is 40.0 Å². The molecule has 0 radical (unpaired) electrons. The average Bonchev–Trinajstić information content (AvgIpc) is 3.14. The van der Waals surface area contributed by atoms with Gasteiger partial charge in [-0.2, -0.15) is 0 Å². The lowest BCUT2D eigenvalue weighted by Crippen LogP contribution is -2.35. The molecule has 1 atom stereocenters. The second-order valence-corrected chi connectivity index (χ2v) is 7.52. The van der Waals surface area contributed by atoms with E-state index in [1.165, 1.54) is 11.1 Å². The molecule has 0 aliphatic rings. The summed E-state index contributed by atoms with van der Waals surface area (Å²) in [5.74, 6) is 1.68. The van der Waals surface area contributed by atoms with E-state index in [0.29, 0.717) is 13.1 Å². The standard InChI is InChI=1S/C24H29NO3/c1-18-6-8-21(9-7-18)14-25(16-23-5-4-10-27-23)15-22(26)17-28-24-12-19(2)11-20(3)13-24/h4-13,22,26H,14-17H2,1-3H3. The Morgan fingerprint density at radius 1 is 0.929 bits per heavy atom. The summed E-state index contributed by atoms with van der Waals surface area (Å²) >= 11 is 0. The van der Waals surface area contributed by atoms with Crippen LogP contribution in [0.25, 0.3) is 0 Å². The van der Waals surface area contributed by atoms with Crippen LogP contribution >= 0.6 is 0 Å². The van der Waals surface area contributed by atoms with Crippen LogP contribution in [0.1, 0.15) is 28.0 Å². The van der Waals surface area contributed by atoms with Crippen molar-refractivity contribution in [1.82, 2.24) is 4.90 Å². The van der Waals surface area contributed by atoms with E-state index in [9.17, 15) is 5.11 Å². The first-order valence-electron chi connectivity index (χ1n) is 9.67. The van der Waals surface area contributed by atoms with Crippen molar-refractivity contribution in [1.29, 1.82) is 0 Å². The van der Waals surface area contributed by atoms with Gasteiger partial charge in [0.05, 0.1) is 12.8 Å². The lowest BCUT2D eigenvalue weighted by Gasteiger charge is -2.24. The third-order valence-corrected chi connectivity index (χ3v) is 4.59. The second-order valence-electron chi connectivity index (χ2n) is 7.52. The number of rotatable bonds is 9. The summed E-state index contributed by atoms with van der Waals surface area (Å²) in [5.41, 5.74) is 4.76. The Kier molecular flexibility index (Phi) is 6.90. The first kappa shape index (κ1) is 20.2. The highest BCUT2D eigenvalue weighted by Gasteiger charge is 2.15. The quantitative estimate of drug-likeness (QED) is 0.588. The number of ether oxygens (including phenoxy) is 1. The Bertz CT molecular complexity index is 836. The maximum Gasteiger partial charge on any atom is 0.119 e. The number of aryl methyl sites for hydroxylation is 3. The van der Waals surface area contributed by atoms with E-state index in [1.54, 1.807) is 6.26 Å². The van der Waals surface area contributed by atoms with Crippen molar-refractivity contribution >= 4 is 0 Å². The van der Waals surface area contributed by atoms with Crippen molar-refractivity contribution in [2.75, 3.05) is 13.2 Å². The van der Waals surface area contributed by atoms with E-state index in [4.69, 9.17) is 9.15 Å². The van der Waals surface area contributed by atoms with Gasteiger partial charge in [0.2, 0.25) is 0 Å². The van der Waals surface area contributed by atoms with E-state index in [2.05, 4.69) is 42.2 Å². The Hall–Kier alpha value is -2.56. The van der Waals surface area contributed by atoms with Crippen molar-refractivity contribution < 1.29 is 14.3 Å². The molecule has 0 fully saturated rings. The number of hydrogen-bond acceptors (Lipinski definition) is 4. The van der Waals surface area contributed by atoms with Crippen molar-refractivity contribution in [2.24, 2.45) is 0 Å². The van der Waals surface area contributed by atoms with Gasteiger partial charge in [-0.05, 0) is 61.7 Å². The SMILES string of the molecule is Cc1ccc(CN(Cc2ccco2)CC(O)COc2cc(C)cc(C)c2)cc1. The number of furan rings is 1. The van der Waals surface area contributed by atoms with Gasteiger partial charge in [-0.1, -0.05) is 35.9 Å². The zero-order valence-electron chi connectivity index (χ0n) is 16.9. The summed E-state index contributed by atoms with van der Waals surface area (Å²) in [6.45, 7) is 8.30. The number of aliphatic hydroxyl groups is 1.